The van der Waals surface area contributed by atoms with Crippen molar-refractivity contribution in [2.24, 2.45) is 0 Å². The molecule has 3 rings (SSSR count). The Kier molecular flexibility index (Phi) is 6.34. The van der Waals surface area contributed by atoms with Gasteiger partial charge in [0.05, 0.1) is 0 Å². The van der Waals surface area contributed by atoms with Gasteiger partial charge in [-0.05, 0) is 42.0 Å². The Morgan fingerprint density at radius 1 is 1.04 bits per heavy atom. The average Bonchev–Trinajstić information content (AvgIpc) is 2.70. The number of carbonyl (C=O) groups is 1. The number of hydrogen-bond donors (Lipinski definition) is 0. The smallest absolute Gasteiger partial charge is 0.282 e. The van der Waals surface area contributed by atoms with Gasteiger partial charge in [0, 0.05) is 50.4 Å². The molecule has 1 fully saturated rings. The van der Waals surface area contributed by atoms with Gasteiger partial charge in [-0.2, -0.15) is 17.0 Å². The van der Waals surface area contributed by atoms with Crippen molar-refractivity contribution in [2.45, 2.75) is 6.54 Å². The summed E-state index contributed by atoms with van der Waals surface area (Å²) in [5, 5.41) is 0.594. The van der Waals surface area contributed by atoms with Gasteiger partial charge in [-0.25, -0.2) is 4.39 Å². The number of hydrogen-bond acceptors (Lipinski definition) is 3. The molecule has 0 N–H and O–H groups in total. The molecule has 0 aliphatic carbocycles. The lowest BCUT2D eigenvalue weighted by atomic mass is 10.2. The van der Waals surface area contributed by atoms with Gasteiger partial charge in [0.15, 0.2) is 0 Å². The first-order valence-electron chi connectivity index (χ1n) is 8.78. The summed E-state index contributed by atoms with van der Waals surface area (Å²) >= 11 is 5.86. The third-order valence-corrected chi connectivity index (χ3v) is 6.84. The normalized spacial score (nSPS) is 15.8. The molecule has 28 heavy (non-hydrogen) atoms. The Morgan fingerprint density at radius 3 is 2.18 bits per heavy atom. The van der Waals surface area contributed by atoms with Crippen molar-refractivity contribution in [3.63, 3.8) is 0 Å². The van der Waals surface area contributed by atoms with Crippen molar-refractivity contribution >= 4 is 27.7 Å². The van der Waals surface area contributed by atoms with E-state index in [0.717, 1.165) is 5.56 Å². The molecule has 6 nitrogen and oxygen atoms in total. The fourth-order valence-corrected chi connectivity index (χ4v) is 4.48. The van der Waals surface area contributed by atoms with Crippen LogP contribution in [0.25, 0.3) is 0 Å². The Hall–Kier alpha value is -2.00. The summed E-state index contributed by atoms with van der Waals surface area (Å²) in [6.45, 7) is 1.21. The Morgan fingerprint density at radius 2 is 1.61 bits per heavy atom. The summed E-state index contributed by atoms with van der Waals surface area (Å²) in [5.41, 5.74) is 1.22. The monoisotopic (exact) mass is 425 g/mol. The third kappa shape index (κ3) is 4.70. The fourth-order valence-electron chi connectivity index (χ4n) is 3.02. The van der Waals surface area contributed by atoms with E-state index in [1.165, 1.54) is 39.9 Å². The van der Waals surface area contributed by atoms with E-state index in [0.29, 0.717) is 10.6 Å². The van der Waals surface area contributed by atoms with E-state index >= 15 is 0 Å². The minimum atomic E-state index is -3.64. The molecule has 1 saturated heterocycles. The molecule has 0 aromatic heterocycles. The predicted molar refractivity (Wildman–Crippen MR) is 106 cm³/mol. The van der Waals surface area contributed by atoms with Crippen molar-refractivity contribution in [3.8, 4) is 0 Å². The van der Waals surface area contributed by atoms with E-state index < -0.39 is 16.0 Å². The van der Waals surface area contributed by atoms with Crippen molar-refractivity contribution < 1.29 is 17.6 Å². The maximum Gasteiger partial charge on any atom is 0.282 e. The van der Waals surface area contributed by atoms with Gasteiger partial charge in [-0.15, -0.1) is 0 Å². The minimum absolute atomic E-state index is 0.209. The zero-order chi connectivity index (χ0) is 20.3. The van der Waals surface area contributed by atoms with Crippen molar-refractivity contribution in [1.82, 2.24) is 13.5 Å². The number of piperazine rings is 1. The maximum absolute atomic E-state index is 13.0. The first-order chi connectivity index (χ1) is 13.3. The van der Waals surface area contributed by atoms with Gasteiger partial charge in [-0.1, -0.05) is 23.7 Å². The van der Waals surface area contributed by atoms with Gasteiger partial charge in [0.1, 0.15) is 5.82 Å². The first-order valence-corrected chi connectivity index (χ1v) is 10.6. The largest absolute Gasteiger partial charge is 0.336 e. The molecule has 0 radical (unpaired) electrons. The van der Waals surface area contributed by atoms with E-state index in [1.54, 1.807) is 29.2 Å². The maximum atomic E-state index is 13.0. The molecule has 0 spiro atoms. The van der Waals surface area contributed by atoms with Crippen LogP contribution in [0.15, 0.2) is 48.5 Å². The van der Waals surface area contributed by atoms with Crippen LogP contribution in [0.5, 0.6) is 0 Å². The quantitative estimate of drug-likeness (QED) is 0.739. The Balaban J connectivity index is 1.60. The number of rotatable bonds is 5. The molecule has 150 valence electrons. The summed E-state index contributed by atoms with van der Waals surface area (Å²) in [6, 6.07) is 12.3. The van der Waals surface area contributed by atoms with Crippen molar-refractivity contribution in [1.29, 1.82) is 0 Å². The summed E-state index contributed by atoms with van der Waals surface area (Å²) in [5.74, 6) is -0.636. The van der Waals surface area contributed by atoms with E-state index in [1.807, 2.05) is 0 Å². The van der Waals surface area contributed by atoms with Crippen LogP contribution in [0.2, 0.25) is 5.02 Å². The molecule has 1 amide bonds. The topological polar surface area (TPSA) is 60.9 Å². The standard InChI is InChI=1S/C19H21ClFN3O3S/c1-22(14-15-2-6-17(20)7-3-15)28(26,27)24-12-10-23(11-13-24)19(25)16-4-8-18(21)9-5-16/h2-9H,10-14H2,1H3. The molecule has 1 aliphatic heterocycles. The van der Waals surface area contributed by atoms with Crippen LogP contribution in [-0.4, -0.2) is 61.1 Å². The molecule has 9 heteroatoms. The van der Waals surface area contributed by atoms with E-state index in [-0.39, 0.29) is 38.6 Å². The minimum Gasteiger partial charge on any atom is -0.336 e. The van der Waals surface area contributed by atoms with Gasteiger partial charge in [0.25, 0.3) is 16.1 Å². The average molecular weight is 426 g/mol. The summed E-state index contributed by atoms with van der Waals surface area (Å²) < 4.78 is 41.3. The summed E-state index contributed by atoms with van der Waals surface area (Å²) in [7, 11) is -2.12. The predicted octanol–water partition coefficient (Wildman–Crippen LogP) is 2.61. The van der Waals surface area contributed by atoms with Crippen molar-refractivity contribution in [2.75, 3.05) is 33.2 Å². The molecule has 2 aromatic carbocycles. The van der Waals surface area contributed by atoms with Gasteiger partial charge < -0.3 is 4.90 Å². The zero-order valence-electron chi connectivity index (χ0n) is 15.4. The SMILES string of the molecule is CN(Cc1ccc(Cl)cc1)S(=O)(=O)N1CCN(C(=O)c2ccc(F)cc2)CC1. The molecular formula is C19H21ClFN3O3S. The second-order valence-corrected chi connectivity index (χ2v) is 9.06. The highest BCUT2D eigenvalue weighted by molar-refractivity contribution is 7.86. The molecule has 0 unspecified atom stereocenters. The lowest BCUT2D eigenvalue weighted by molar-refractivity contribution is 0.0694. The lowest BCUT2D eigenvalue weighted by Gasteiger charge is -2.36. The van der Waals surface area contributed by atoms with Crippen molar-refractivity contribution in [3.05, 3.63) is 70.5 Å². The highest BCUT2D eigenvalue weighted by atomic mass is 35.5. The first kappa shape index (κ1) is 20.7. The fraction of sp³-hybridized carbons (Fsp3) is 0.316. The number of nitrogens with zero attached hydrogens (tertiary/aromatic N) is 3. The van der Waals surface area contributed by atoms with E-state index in [4.69, 9.17) is 11.6 Å². The molecule has 0 bridgehead atoms. The van der Waals surface area contributed by atoms with Crippen LogP contribution in [0.4, 0.5) is 4.39 Å². The van der Waals surface area contributed by atoms with E-state index in [9.17, 15) is 17.6 Å². The number of halogens is 2. The molecular weight excluding hydrogens is 405 g/mol. The van der Waals surface area contributed by atoms with E-state index in [2.05, 4.69) is 0 Å². The van der Waals surface area contributed by atoms with Crippen LogP contribution in [0, 0.1) is 5.82 Å². The van der Waals surface area contributed by atoms with Crippen LogP contribution in [0.3, 0.4) is 0 Å². The molecule has 2 aromatic rings. The zero-order valence-corrected chi connectivity index (χ0v) is 17.0. The van der Waals surface area contributed by atoms with Crippen LogP contribution in [0.1, 0.15) is 15.9 Å². The second-order valence-electron chi connectivity index (χ2n) is 6.59. The second kappa shape index (κ2) is 8.57. The van der Waals surface area contributed by atoms with Gasteiger partial charge >= 0.3 is 0 Å². The molecule has 0 saturated carbocycles. The van der Waals surface area contributed by atoms with Crippen LogP contribution >= 0.6 is 11.6 Å². The molecule has 1 aliphatic rings. The highest BCUT2D eigenvalue weighted by Crippen LogP contribution is 2.17. The molecule has 1 heterocycles. The van der Waals surface area contributed by atoms with Crippen LogP contribution < -0.4 is 0 Å². The van der Waals surface area contributed by atoms with Gasteiger partial charge in [-0.3, -0.25) is 4.79 Å². The summed E-state index contributed by atoms with van der Waals surface area (Å²) in [6.07, 6.45) is 0. The third-order valence-electron chi connectivity index (χ3n) is 4.66. The van der Waals surface area contributed by atoms with Crippen LogP contribution in [-0.2, 0) is 16.8 Å². The number of benzene rings is 2. The molecule has 0 atom stereocenters. The number of amides is 1. The number of carbonyl (C=O) groups excluding carboxylic acids is 1. The highest BCUT2D eigenvalue weighted by Gasteiger charge is 2.32. The lowest BCUT2D eigenvalue weighted by Crippen LogP contribution is -2.53. The Bertz CT molecular complexity index is 928. The Labute approximate surface area is 169 Å². The summed E-state index contributed by atoms with van der Waals surface area (Å²) in [4.78, 5) is 14.1. The van der Waals surface area contributed by atoms with Gasteiger partial charge in [0.2, 0.25) is 0 Å².